The number of fused-ring (bicyclic) bond motifs is 2. The van der Waals surface area contributed by atoms with Crippen LogP contribution in [0.2, 0.25) is 5.02 Å². The first kappa shape index (κ1) is 27.6. The summed E-state index contributed by atoms with van der Waals surface area (Å²) in [6.07, 6.45) is 1.54. The van der Waals surface area contributed by atoms with Gasteiger partial charge in [-0.2, -0.15) is 9.78 Å². The van der Waals surface area contributed by atoms with Gasteiger partial charge in [-0.25, -0.2) is 9.37 Å². The van der Waals surface area contributed by atoms with E-state index in [0.717, 1.165) is 8.96 Å². The van der Waals surface area contributed by atoms with Gasteiger partial charge in [0.05, 0.1) is 20.7 Å². The molecule has 0 saturated carbocycles. The number of carbonyl (C=O) groups is 1. The Balaban J connectivity index is 1.26. The van der Waals surface area contributed by atoms with E-state index in [1.807, 2.05) is 6.07 Å². The molecule has 0 atom stereocenters. The molecule has 11 heteroatoms. The van der Waals surface area contributed by atoms with Crippen LogP contribution in [-0.4, -0.2) is 28.4 Å². The van der Waals surface area contributed by atoms with Crippen LogP contribution < -0.4 is 15.6 Å². The van der Waals surface area contributed by atoms with E-state index in [0.29, 0.717) is 44.3 Å². The third kappa shape index (κ3) is 5.90. The number of para-hydroxylation sites is 1. The maximum atomic E-state index is 13.5. The molecule has 0 fully saturated rings. The summed E-state index contributed by atoms with van der Waals surface area (Å²) in [7, 11) is 0. The molecule has 0 bridgehead atoms. The SMILES string of the molecule is O=C(COc1ccc(C=Nn2c(-c3cc4cc(Cl)ccc4o3)nc3ccccc3c2=O)cc1I)Nc1ccc(F)cc1. The van der Waals surface area contributed by atoms with Crippen molar-refractivity contribution in [2.45, 2.75) is 0 Å². The molecule has 0 aliphatic heterocycles. The number of halogens is 3. The first-order chi connectivity index (χ1) is 20.3. The average Bonchev–Trinajstić information content (AvgIpc) is 3.40. The number of benzene rings is 4. The molecule has 0 aliphatic rings. The van der Waals surface area contributed by atoms with Crippen LogP contribution in [-0.2, 0) is 4.79 Å². The number of anilines is 1. The second-order valence-electron chi connectivity index (χ2n) is 9.14. The monoisotopic (exact) mass is 692 g/mol. The number of amides is 1. The Kier molecular flexibility index (Phi) is 7.72. The van der Waals surface area contributed by atoms with Crippen molar-refractivity contribution in [3.8, 4) is 17.3 Å². The smallest absolute Gasteiger partial charge is 0.282 e. The van der Waals surface area contributed by atoms with Crippen molar-refractivity contribution in [3.63, 3.8) is 0 Å². The summed E-state index contributed by atoms with van der Waals surface area (Å²) < 4.78 is 26.7. The molecule has 0 saturated heterocycles. The molecular formula is C31H19ClFIN4O4. The van der Waals surface area contributed by atoms with Crippen molar-refractivity contribution in [2.24, 2.45) is 5.10 Å². The summed E-state index contributed by atoms with van der Waals surface area (Å²) in [5.41, 5.74) is 1.92. The molecule has 4 aromatic carbocycles. The van der Waals surface area contributed by atoms with E-state index in [1.165, 1.54) is 35.2 Å². The highest BCUT2D eigenvalue weighted by atomic mass is 127. The molecule has 208 valence electrons. The summed E-state index contributed by atoms with van der Waals surface area (Å²) in [5, 5.41) is 8.88. The number of furan rings is 1. The Morgan fingerprint density at radius 2 is 1.88 bits per heavy atom. The van der Waals surface area contributed by atoms with E-state index in [4.69, 9.17) is 20.8 Å². The number of rotatable bonds is 7. The normalized spacial score (nSPS) is 11.4. The highest BCUT2D eigenvalue weighted by molar-refractivity contribution is 14.1. The zero-order chi connectivity index (χ0) is 29.2. The average molecular weight is 693 g/mol. The highest BCUT2D eigenvalue weighted by Gasteiger charge is 2.17. The maximum Gasteiger partial charge on any atom is 0.282 e. The molecule has 42 heavy (non-hydrogen) atoms. The van der Waals surface area contributed by atoms with E-state index in [-0.39, 0.29) is 29.7 Å². The second-order valence-corrected chi connectivity index (χ2v) is 10.7. The number of hydrogen-bond donors (Lipinski definition) is 1. The van der Waals surface area contributed by atoms with Gasteiger partial charge in [-0.15, -0.1) is 0 Å². The van der Waals surface area contributed by atoms with Gasteiger partial charge < -0.3 is 14.5 Å². The number of ether oxygens (including phenoxy) is 1. The van der Waals surface area contributed by atoms with Crippen molar-refractivity contribution in [3.05, 3.63) is 121 Å². The Hall–Kier alpha value is -4.55. The van der Waals surface area contributed by atoms with Crippen LogP contribution in [0.1, 0.15) is 5.56 Å². The van der Waals surface area contributed by atoms with Gasteiger partial charge in [0.15, 0.2) is 12.4 Å². The molecule has 1 amide bonds. The Morgan fingerprint density at radius 3 is 2.69 bits per heavy atom. The Bertz CT molecular complexity index is 2060. The second kappa shape index (κ2) is 11.7. The molecule has 6 aromatic rings. The minimum absolute atomic E-state index is 0.231. The fourth-order valence-corrected chi connectivity index (χ4v) is 5.10. The third-order valence-electron chi connectivity index (χ3n) is 6.22. The lowest BCUT2D eigenvalue weighted by Gasteiger charge is -2.10. The minimum Gasteiger partial charge on any atom is -0.483 e. The van der Waals surface area contributed by atoms with Gasteiger partial charge in [0.25, 0.3) is 11.5 Å². The predicted molar refractivity (Wildman–Crippen MR) is 169 cm³/mol. The first-order valence-corrected chi connectivity index (χ1v) is 14.0. The van der Waals surface area contributed by atoms with E-state index in [1.54, 1.807) is 60.7 Å². The van der Waals surface area contributed by atoms with Crippen molar-refractivity contribution in [1.29, 1.82) is 0 Å². The Labute approximate surface area is 256 Å². The highest BCUT2D eigenvalue weighted by Crippen LogP contribution is 2.29. The number of nitrogens with one attached hydrogen (secondary N) is 1. The molecule has 2 heterocycles. The number of aromatic nitrogens is 2. The summed E-state index contributed by atoms with van der Waals surface area (Å²) in [4.78, 5) is 30.4. The molecular weight excluding hydrogens is 674 g/mol. The summed E-state index contributed by atoms with van der Waals surface area (Å²) in [5.74, 6) is 0.327. The lowest BCUT2D eigenvalue weighted by atomic mass is 10.2. The van der Waals surface area contributed by atoms with Gasteiger partial charge in [0, 0.05) is 16.1 Å². The Morgan fingerprint density at radius 1 is 1.07 bits per heavy atom. The largest absolute Gasteiger partial charge is 0.483 e. The molecule has 8 nitrogen and oxygen atoms in total. The van der Waals surface area contributed by atoms with Crippen LogP contribution in [0.25, 0.3) is 33.5 Å². The van der Waals surface area contributed by atoms with E-state index < -0.39 is 0 Å². The minimum atomic E-state index is -0.389. The fourth-order valence-electron chi connectivity index (χ4n) is 4.23. The van der Waals surface area contributed by atoms with Crippen molar-refractivity contribution >= 4 is 73.9 Å². The fraction of sp³-hybridized carbons (Fsp3) is 0.0323. The molecule has 0 spiro atoms. The molecule has 0 aliphatic carbocycles. The van der Waals surface area contributed by atoms with Crippen molar-refractivity contribution in [1.82, 2.24) is 9.66 Å². The molecule has 0 unspecified atom stereocenters. The van der Waals surface area contributed by atoms with Gasteiger partial charge >= 0.3 is 0 Å². The van der Waals surface area contributed by atoms with Gasteiger partial charge in [-0.3, -0.25) is 9.59 Å². The lowest BCUT2D eigenvalue weighted by Crippen LogP contribution is -2.20. The number of carbonyl (C=O) groups excluding carboxylic acids is 1. The quantitative estimate of drug-likeness (QED) is 0.142. The van der Waals surface area contributed by atoms with Gasteiger partial charge in [0.2, 0.25) is 5.82 Å². The maximum absolute atomic E-state index is 13.5. The van der Waals surface area contributed by atoms with Crippen LogP contribution in [0, 0.1) is 9.39 Å². The third-order valence-corrected chi connectivity index (χ3v) is 7.30. The van der Waals surface area contributed by atoms with Crippen LogP contribution >= 0.6 is 34.2 Å². The lowest BCUT2D eigenvalue weighted by molar-refractivity contribution is -0.118. The van der Waals surface area contributed by atoms with Crippen LogP contribution in [0.5, 0.6) is 5.75 Å². The topological polar surface area (TPSA) is 98.7 Å². The molecule has 6 rings (SSSR count). The van der Waals surface area contributed by atoms with Crippen LogP contribution in [0.15, 0.2) is 105 Å². The number of nitrogens with zero attached hydrogens (tertiary/aromatic N) is 3. The summed E-state index contributed by atoms with van der Waals surface area (Å²) in [6.45, 7) is -0.231. The van der Waals surface area contributed by atoms with Crippen LogP contribution in [0.4, 0.5) is 10.1 Å². The zero-order valence-corrected chi connectivity index (χ0v) is 24.5. The van der Waals surface area contributed by atoms with Crippen molar-refractivity contribution < 1.29 is 18.3 Å². The summed E-state index contributed by atoms with van der Waals surface area (Å²) >= 11 is 8.24. The zero-order valence-electron chi connectivity index (χ0n) is 21.6. The molecule has 1 N–H and O–H groups in total. The van der Waals surface area contributed by atoms with Crippen LogP contribution in [0.3, 0.4) is 0 Å². The van der Waals surface area contributed by atoms with Gasteiger partial charge in [0.1, 0.15) is 17.1 Å². The summed E-state index contributed by atoms with van der Waals surface area (Å²) in [6, 6.07) is 24.8. The number of hydrogen-bond acceptors (Lipinski definition) is 6. The van der Waals surface area contributed by atoms with E-state index in [9.17, 15) is 14.0 Å². The molecule has 0 radical (unpaired) electrons. The van der Waals surface area contributed by atoms with E-state index in [2.05, 4.69) is 38.0 Å². The van der Waals surface area contributed by atoms with Gasteiger partial charge in [-0.1, -0.05) is 23.7 Å². The van der Waals surface area contributed by atoms with Crippen molar-refractivity contribution in [2.75, 3.05) is 11.9 Å². The first-order valence-electron chi connectivity index (χ1n) is 12.6. The van der Waals surface area contributed by atoms with Gasteiger partial charge in [-0.05, 0) is 107 Å². The predicted octanol–water partition coefficient (Wildman–Crippen LogP) is 7.11. The standard InChI is InChI=1S/C31H19ClFIN4O4/c32-20-6-12-26-19(14-20)15-28(42-26)30-37-25-4-2-1-3-23(25)31(40)38(30)35-16-18-5-11-27(24(34)13-18)41-17-29(39)36-22-9-7-21(33)8-10-22/h1-16H,17H2,(H,36,39). The van der Waals surface area contributed by atoms with E-state index >= 15 is 0 Å². The molecule has 2 aromatic heterocycles.